The van der Waals surface area contributed by atoms with Gasteiger partial charge in [-0.05, 0) is 13.3 Å². The van der Waals surface area contributed by atoms with E-state index in [1.807, 2.05) is 25.1 Å². The second-order valence-electron chi connectivity index (χ2n) is 5.95. The van der Waals surface area contributed by atoms with Crippen LogP contribution in [0.15, 0.2) is 30.3 Å². The van der Waals surface area contributed by atoms with Gasteiger partial charge in [0.25, 0.3) is 0 Å². The van der Waals surface area contributed by atoms with Gasteiger partial charge in [0.2, 0.25) is 0 Å². The summed E-state index contributed by atoms with van der Waals surface area (Å²) in [6.07, 6.45) is -0.232. The van der Waals surface area contributed by atoms with Crippen molar-refractivity contribution in [3.05, 3.63) is 30.3 Å². The average molecular weight is 298 g/mol. The van der Waals surface area contributed by atoms with E-state index in [0.29, 0.717) is 0 Å². The van der Waals surface area contributed by atoms with Gasteiger partial charge in [-0.2, -0.15) is 0 Å². The summed E-state index contributed by atoms with van der Waals surface area (Å²) in [6.45, 7) is 9.28. The van der Waals surface area contributed by atoms with Gasteiger partial charge in [-0.1, -0.05) is 62.9 Å². The standard InChI is InChI=1S/C15H23O2PS/c1-5-11-16-15(4)12-14(2,3)18(19,17-15)13-9-7-6-8-10-13/h6-10H,5,11-12H2,1-4H3. The van der Waals surface area contributed by atoms with Gasteiger partial charge in [-0.15, -0.1) is 0 Å². The van der Waals surface area contributed by atoms with Gasteiger partial charge in [-0.3, -0.25) is 0 Å². The molecule has 0 aromatic heterocycles. The Balaban J connectivity index is 2.34. The zero-order valence-electron chi connectivity index (χ0n) is 12.2. The molecule has 1 aliphatic rings. The molecular formula is C15H23O2PS. The zero-order valence-corrected chi connectivity index (χ0v) is 13.9. The molecule has 0 N–H and O–H groups in total. The van der Waals surface area contributed by atoms with Crippen LogP contribution >= 0.6 is 6.26 Å². The van der Waals surface area contributed by atoms with E-state index in [2.05, 4.69) is 32.9 Å². The number of benzene rings is 1. The molecule has 2 rings (SSSR count). The Morgan fingerprint density at radius 1 is 1.26 bits per heavy atom. The van der Waals surface area contributed by atoms with E-state index >= 15 is 0 Å². The largest absolute Gasteiger partial charge is 0.350 e. The second kappa shape index (κ2) is 5.29. The summed E-state index contributed by atoms with van der Waals surface area (Å²) >= 11 is 5.98. The summed E-state index contributed by atoms with van der Waals surface area (Å²) < 4.78 is 12.3. The average Bonchev–Trinajstić information content (AvgIpc) is 2.55. The van der Waals surface area contributed by atoms with Crippen LogP contribution in [0.2, 0.25) is 0 Å². The number of hydrogen-bond donors (Lipinski definition) is 0. The van der Waals surface area contributed by atoms with Gasteiger partial charge < -0.3 is 9.26 Å². The Bertz CT molecular complexity index is 486. The lowest BCUT2D eigenvalue weighted by atomic mass is 10.0. The van der Waals surface area contributed by atoms with Crippen molar-refractivity contribution in [2.75, 3.05) is 6.61 Å². The molecule has 0 amide bonds. The van der Waals surface area contributed by atoms with Crippen molar-refractivity contribution in [1.29, 1.82) is 0 Å². The summed E-state index contributed by atoms with van der Waals surface area (Å²) in [6, 6.07) is 10.3. The predicted octanol–water partition coefficient (Wildman–Crippen LogP) is 4.05. The summed E-state index contributed by atoms with van der Waals surface area (Å²) in [5.74, 6) is -0.537. The zero-order chi connectivity index (χ0) is 14.1. The van der Waals surface area contributed by atoms with Gasteiger partial charge >= 0.3 is 0 Å². The van der Waals surface area contributed by atoms with Crippen molar-refractivity contribution >= 4 is 23.4 Å². The highest BCUT2D eigenvalue weighted by atomic mass is 32.4. The molecule has 1 aliphatic heterocycles. The Kier molecular flexibility index (Phi) is 4.23. The molecule has 0 bridgehead atoms. The Labute approximate surface area is 121 Å². The van der Waals surface area contributed by atoms with Gasteiger partial charge in [0.1, 0.15) is 6.26 Å². The van der Waals surface area contributed by atoms with Crippen LogP contribution in [0, 0.1) is 0 Å². The third-order valence-corrected chi connectivity index (χ3v) is 9.29. The normalized spacial score (nSPS) is 33.5. The third kappa shape index (κ3) is 2.80. The van der Waals surface area contributed by atoms with E-state index in [9.17, 15) is 0 Å². The lowest BCUT2D eigenvalue weighted by molar-refractivity contribution is -0.158. The fraction of sp³-hybridized carbons (Fsp3) is 0.600. The van der Waals surface area contributed by atoms with Gasteiger partial charge in [-0.25, -0.2) is 0 Å². The maximum Gasteiger partial charge on any atom is 0.171 e. The quantitative estimate of drug-likeness (QED) is 0.781. The van der Waals surface area contributed by atoms with Crippen LogP contribution in [0.25, 0.3) is 0 Å². The molecule has 2 atom stereocenters. The van der Waals surface area contributed by atoms with Crippen LogP contribution in [0.5, 0.6) is 0 Å². The van der Waals surface area contributed by atoms with Crippen molar-refractivity contribution in [3.63, 3.8) is 0 Å². The Morgan fingerprint density at radius 2 is 1.89 bits per heavy atom. The molecule has 1 aromatic carbocycles. The van der Waals surface area contributed by atoms with E-state index in [4.69, 9.17) is 21.1 Å². The second-order valence-corrected chi connectivity index (χ2v) is 10.5. The van der Waals surface area contributed by atoms with Crippen LogP contribution in [-0.4, -0.2) is 17.6 Å². The number of hydrogen-bond acceptors (Lipinski definition) is 3. The minimum atomic E-state index is -2.08. The first-order chi connectivity index (χ1) is 8.83. The molecule has 1 aromatic rings. The Hall–Kier alpha value is -0.210. The minimum Gasteiger partial charge on any atom is -0.350 e. The maximum absolute atomic E-state index is 6.34. The van der Waals surface area contributed by atoms with E-state index < -0.39 is 12.1 Å². The lowest BCUT2D eigenvalue weighted by Crippen LogP contribution is -2.29. The van der Waals surface area contributed by atoms with Crippen molar-refractivity contribution in [1.82, 2.24) is 0 Å². The summed E-state index contributed by atoms with van der Waals surface area (Å²) in [7, 11) is 0. The van der Waals surface area contributed by atoms with Crippen LogP contribution < -0.4 is 5.30 Å². The molecule has 0 radical (unpaired) electrons. The fourth-order valence-corrected chi connectivity index (χ4v) is 6.54. The lowest BCUT2D eigenvalue weighted by Gasteiger charge is -2.29. The topological polar surface area (TPSA) is 18.5 Å². The van der Waals surface area contributed by atoms with Crippen LogP contribution in [0.1, 0.15) is 40.5 Å². The summed E-state index contributed by atoms with van der Waals surface area (Å²) in [5, 5.41) is 1.12. The number of ether oxygens (including phenoxy) is 1. The van der Waals surface area contributed by atoms with E-state index in [1.54, 1.807) is 0 Å². The molecule has 19 heavy (non-hydrogen) atoms. The van der Waals surface area contributed by atoms with Crippen LogP contribution in [-0.2, 0) is 21.1 Å². The van der Waals surface area contributed by atoms with E-state index in [-0.39, 0.29) is 5.16 Å². The van der Waals surface area contributed by atoms with Gasteiger partial charge in [0.05, 0.1) is 0 Å². The molecule has 4 heteroatoms. The SMILES string of the molecule is CCCOC1(C)CC(C)(C)P(=S)(c2ccccc2)O1. The molecular weight excluding hydrogens is 275 g/mol. The summed E-state index contributed by atoms with van der Waals surface area (Å²) in [5.41, 5.74) is 0. The molecule has 1 heterocycles. The molecule has 1 saturated heterocycles. The first-order valence-corrected chi connectivity index (χ1v) is 9.55. The van der Waals surface area contributed by atoms with Gasteiger partial charge in [0.15, 0.2) is 5.79 Å². The highest BCUT2D eigenvalue weighted by Crippen LogP contribution is 2.68. The van der Waals surface area contributed by atoms with Crippen molar-refractivity contribution < 1.29 is 9.26 Å². The summed E-state index contributed by atoms with van der Waals surface area (Å²) in [4.78, 5) is 0. The molecule has 1 fully saturated rings. The molecule has 106 valence electrons. The first kappa shape index (κ1) is 15.2. The van der Waals surface area contributed by atoms with Crippen LogP contribution in [0.4, 0.5) is 0 Å². The highest BCUT2D eigenvalue weighted by molar-refractivity contribution is 8.16. The van der Waals surface area contributed by atoms with E-state index in [1.165, 1.54) is 0 Å². The monoisotopic (exact) mass is 298 g/mol. The molecule has 2 nitrogen and oxygen atoms in total. The maximum atomic E-state index is 6.34. The van der Waals surface area contributed by atoms with Crippen LogP contribution in [0.3, 0.4) is 0 Å². The number of rotatable bonds is 4. The molecule has 2 unspecified atom stereocenters. The predicted molar refractivity (Wildman–Crippen MR) is 84.8 cm³/mol. The van der Waals surface area contributed by atoms with Crippen molar-refractivity contribution in [3.8, 4) is 0 Å². The molecule has 0 aliphatic carbocycles. The fourth-order valence-electron chi connectivity index (χ4n) is 2.74. The van der Waals surface area contributed by atoms with E-state index in [0.717, 1.165) is 24.8 Å². The Morgan fingerprint density at radius 3 is 2.47 bits per heavy atom. The smallest absolute Gasteiger partial charge is 0.171 e. The third-order valence-electron chi connectivity index (χ3n) is 3.58. The van der Waals surface area contributed by atoms with Crippen molar-refractivity contribution in [2.24, 2.45) is 0 Å². The molecule has 0 saturated carbocycles. The van der Waals surface area contributed by atoms with Gasteiger partial charge in [0, 0.05) is 23.5 Å². The minimum absolute atomic E-state index is 0.0355. The van der Waals surface area contributed by atoms with Crippen molar-refractivity contribution in [2.45, 2.75) is 51.5 Å². The molecule has 0 spiro atoms. The first-order valence-electron chi connectivity index (χ1n) is 6.83. The highest BCUT2D eigenvalue weighted by Gasteiger charge is 2.54.